The molecule has 0 radical (unpaired) electrons. The van der Waals surface area contributed by atoms with Crippen LogP contribution in [0.5, 0.6) is 0 Å². The third-order valence-electron chi connectivity index (χ3n) is 3.64. The molecular formula is C14H20FNO. The number of benzene rings is 1. The van der Waals surface area contributed by atoms with Crippen molar-refractivity contribution in [2.24, 2.45) is 0 Å². The highest BCUT2D eigenvalue weighted by Crippen LogP contribution is 2.29. The van der Waals surface area contributed by atoms with Crippen molar-refractivity contribution in [3.63, 3.8) is 0 Å². The molecule has 0 amide bonds. The Morgan fingerprint density at radius 2 is 2.12 bits per heavy atom. The van der Waals surface area contributed by atoms with E-state index in [2.05, 4.69) is 18.7 Å². The lowest BCUT2D eigenvalue weighted by atomic mass is 9.88. The van der Waals surface area contributed by atoms with Gasteiger partial charge in [-0.3, -0.25) is 4.90 Å². The largest absolute Gasteiger partial charge is 0.393 e. The monoisotopic (exact) mass is 237 g/mol. The number of nitrogens with zero attached hydrogens (tertiary/aromatic N) is 1. The van der Waals surface area contributed by atoms with Gasteiger partial charge in [-0.2, -0.15) is 0 Å². The van der Waals surface area contributed by atoms with E-state index in [0.29, 0.717) is 6.54 Å². The van der Waals surface area contributed by atoms with Crippen LogP contribution < -0.4 is 0 Å². The molecule has 1 N–H and O–H groups in total. The van der Waals surface area contributed by atoms with Crippen LogP contribution in [0.2, 0.25) is 0 Å². The molecule has 17 heavy (non-hydrogen) atoms. The molecule has 0 aliphatic carbocycles. The van der Waals surface area contributed by atoms with Gasteiger partial charge in [0.2, 0.25) is 0 Å². The van der Waals surface area contributed by atoms with Gasteiger partial charge >= 0.3 is 0 Å². The van der Waals surface area contributed by atoms with E-state index >= 15 is 0 Å². The lowest BCUT2D eigenvalue weighted by molar-refractivity contribution is -0.00765. The first-order valence-corrected chi connectivity index (χ1v) is 6.15. The number of hydrogen-bond acceptors (Lipinski definition) is 2. The molecular weight excluding hydrogens is 217 g/mol. The fraction of sp³-hybridized carbons (Fsp3) is 0.571. The lowest BCUT2D eigenvalue weighted by Gasteiger charge is -2.44. The maximum atomic E-state index is 13.6. The van der Waals surface area contributed by atoms with Crippen molar-refractivity contribution in [1.29, 1.82) is 0 Å². The van der Waals surface area contributed by atoms with E-state index in [1.807, 2.05) is 12.1 Å². The maximum absolute atomic E-state index is 13.6. The summed E-state index contributed by atoms with van der Waals surface area (Å²) in [6.07, 6.45) is 1.31. The van der Waals surface area contributed by atoms with E-state index in [1.54, 1.807) is 6.07 Å². The molecule has 3 heteroatoms. The highest BCUT2D eigenvalue weighted by atomic mass is 19.1. The second-order valence-electron chi connectivity index (χ2n) is 5.47. The zero-order valence-corrected chi connectivity index (χ0v) is 10.5. The molecule has 0 aromatic heterocycles. The summed E-state index contributed by atoms with van der Waals surface area (Å²) in [4.78, 5) is 2.25. The van der Waals surface area contributed by atoms with E-state index in [1.165, 1.54) is 6.07 Å². The number of aliphatic hydroxyl groups excluding tert-OH is 1. The third-order valence-corrected chi connectivity index (χ3v) is 3.64. The minimum absolute atomic E-state index is 0.0695. The zero-order chi connectivity index (χ0) is 12.5. The van der Waals surface area contributed by atoms with Gasteiger partial charge in [0.25, 0.3) is 0 Å². The van der Waals surface area contributed by atoms with Gasteiger partial charge in [0.15, 0.2) is 0 Å². The molecule has 1 aromatic carbocycles. The third kappa shape index (κ3) is 2.85. The van der Waals surface area contributed by atoms with Gasteiger partial charge in [-0.25, -0.2) is 4.39 Å². The van der Waals surface area contributed by atoms with Gasteiger partial charge in [0, 0.05) is 24.2 Å². The summed E-state index contributed by atoms with van der Waals surface area (Å²) in [5, 5.41) is 9.68. The Morgan fingerprint density at radius 3 is 2.76 bits per heavy atom. The standard InChI is InChI=1S/C14H20FNO/c1-14(2)9-12(17)7-8-16(14)10-11-5-3-4-6-13(11)15/h3-6,12,17H,7-10H2,1-2H3. The fourth-order valence-corrected chi connectivity index (χ4v) is 2.54. The molecule has 1 unspecified atom stereocenters. The molecule has 1 aliphatic rings. The Balaban J connectivity index is 2.11. The number of hydrogen-bond donors (Lipinski definition) is 1. The van der Waals surface area contributed by atoms with Crippen LogP contribution in [0.3, 0.4) is 0 Å². The second-order valence-corrected chi connectivity index (χ2v) is 5.47. The molecule has 1 fully saturated rings. The van der Waals surface area contributed by atoms with Crippen molar-refractivity contribution in [2.45, 2.75) is 44.9 Å². The molecule has 0 spiro atoms. The van der Waals surface area contributed by atoms with E-state index in [9.17, 15) is 9.50 Å². The predicted octanol–water partition coefficient (Wildman–Crippen LogP) is 2.56. The number of piperidine rings is 1. The maximum Gasteiger partial charge on any atom is 0.127 e. The topological polar surface area (TPSA) is 23.5 Å². The minimum atomic E-state index is -0.220. The zero-order valence-electron chi connectivity index (χ0n) is 10.5. The van der Waals surface area contributed by atoms with Gasteiger partial charge in [-0.05, 0) is 32.8 Å². The number of halogens is 1. The molecule has 0 bridgehead atoms. The summed E-state index contributed by atoms with van der Waals surface area (Å²) in [6.45, 7) is 5.65. The van der Waals surface area contributed by atoms with Crippen molar-refractivity contribution in [2.75, 3.05) is 6.54 Å². The van der Waals surface area contributed by atoms with E-state index in [0.717, 1.165) is 24.9 Å². The number of aliphatic hydroxyl groups is 1. The number of rotatable bonds is 2. The van der Waals surface area contributed by atoms with Crippen LogP contribution in [0.15, 0.2) is 24.3 Å². The summed E-state index contributed by atoms with van der Waals surface area (Å²) in [6, 6.07) is 6.91. The average Bonchev–Trinajstić information content (AvgIpc) is 2.24. The highest BCUT2D eigenvalue weighted by molar-refractivity contribution is 5.17. The van der Waals surface area contributed by atoms with Crippen molar-refractivity contribution in [3.05, 3.63) is 35.6 Å². The molecule has 94 valence electrons. The lowest BCUT2D eigenvalue weighted by Crippen LogP contribution is -2.50. The van der Waals surface area contributed by atoms with Crippen LogP contribution in [0.1, 0.15) is 32.3 Å². The Hall–Kier alpha value is -0.930. The molecule has 2 nitrogen and oxygen atoms in total. The minimum Gasteiger partial charge on any atom is -0.393 e. The van der Waals surface area contributed by atoms with Gasteiger partial charge < -0.3 is 5.11 Å². The SMILES string of the molecule is CC1(C)CC(O)CCN1Cc1ccccc1F. The summed E-state index contributed by atoms with van der Waals surface area (Å²) in [5.41, 5.74) is 0.664. The van der Waals surface area contributed by atoms with Crippen LogP contribution in [0, 0.1) is 5.82 Å². The Kier molecular flexibility index (Phi) is 3.50. The Labute approximate surface area is 102 Å². The van der Waals surface area contributed by atoms with E-state index in [4.69, 9.17) is 0 Å². The molecule has 2 rings (SSSR count). The van der Waals surface area contributed by atoms with Crippen LogP contribution in [0.25, 0.3) is 0 Å². The highest BCUT2D eigenvalue weighted by Gasteiger charge is 2.34. The van der Waals surface area contributed by atoms with Crippen molar-refractivity contribution in [3.8, 4) is 0 Å². The van der Waals surface area contributed by atoms with Crippen LogP contribution in [-0.4, -0.2) is 28.2 Å². The van der Waals surface area contributed by atoms with Crippen molar-refractivity contribution in [1.82, 2.24) is 4.90 Å². The second kappa shape index (κ2) is 4.75. The summed E-state index contributed by atoms with van der Waals surface area (Å²) >= 11 is 0. The first kappa shape index (κ1) is 12.5. The van der Waals surface area contributed by atoms with Gasteiger partial charge in [-0.1, -0.05) is 18.2 Å². The predicted molar refractivity (Wildman–Crippen MR) is 66.1 cm³/mol. The normalized spacial score (nSPS) is 24.8. The molecule has 1 atom stereocenters. The Bertz CT molecular complexity index is 392. The number of likely N-dealkylation sites (tertiary alicyclic amines) is 1. The van der Waals surface area contributed by atoms with Crippen molar-refractivity contribution >= 4 is 0 Å². The quantitative estimate of drug-likeness (QED) is 0.854. The molecule has 1 heterocycles. The Morgan fingerprint density at radius 1 is 1.41 bits per heavy atom. The van der Waals surface area contributed by atoms with E-state index in [-0.39, 0.29) is 17.5 Å². The van der Waals surface area contributed by atoms with Gasteiger partial charge in [-0.15, -0.1) is 0 Å². The average molecular weight is 237 g/mol. The van der Waals surface area contributed by atoms with E-state index < -0.39 is 0 Å². The molecule has 1 saturated heterocycles. The van der Waals surface area contributed by atoms with Crippen LogP contribution in [-0.2, 0) is 6.54 Å². The molecule has 1 aromatic rings. The molecule has 1 aliphatic heterocycles. The van der Waals surface area contributed by atoms with Gasteiger partial charge in [0.1, 0.15) is 5.82 Å². The first-order valence-electron chi connectivity index (χ1n) is 6.15. The van der Waals surface area contributed by atoms with Crippen molar-refractivity contribution < 1.29 is 9.50 Å². The first-order chi connectivity index (χ1) is 7.99. The fourth-order valence-electron chi connectivity index (χ4n) is 2.54. The van der Waals surface area contributed by atoms with Crippen LogP contribution in [0.4, 0.5) is 4.39 Å². The summed E-state index contributed by atoms with van der Waals surface area (Å²) in [7, 11) is 0. The summed E-state index contributed by atoms with van der Waals surface area (Å²) < 4.78 is 13.6. The smallest absolute Gasteiger partial charge is 0.127 e. The van der Waals surface area contributed by atoms with Crippen LogP contribution >= 0.6 is 0 Å². The summed E-state index contributed by atoms with van der Waals surface area (Å²) in [5.74, 6) is -0.144. The van der Waals surface area contributed by atoms with Gasteiger partial charge in [0.05, 0.1) is 6.10 Å². The molecule has 0 saturated carbocycles.